The molecule has 156 valence electrons. The summed E-state index contributed by atoms with van der Waals surface area (Å²) in [6.45, 7) is 7.83. The zero-order chi connectivity index (χ0) is 21.5. The van der Waals surface area contributed by atoms with E-state index in [1.807, 2.05) is 58.4 Å². The van der Waals surface area contributed by atoms with E-state index in [-0.39, 0.29) is 0 Å². The fourth-order valence-electron chi connectivity index (χ4n) is 3.57. The molecule has 2 aromatic rings. The van der Waals surface area contributed by atoms with E-state index in [0.717, 1.165) is 46.2 Å². The molecular weight excluding hydrogens is 373 g/mol. The van der Waals surface area contributed by atoms with Crippen molar-refractivity contribution in [3.05, 3.63) is 71.2 Å². The molecule has 3 rings (SSSR count). The summed E-state index contributed by atoms with van der Waals surface area (Å²) in [5.41, 5.74) is 12.4. The van der Waals surface area contributed by atoms with Crippen molar-refractivity contribution in [2.75, 3.05) is 19.8 Å². The fourth-order valence-corrected chi connectivity index (χ4v) is 3.57. The van der Waals surface area contributed by atoms with Gasteiger partial charge in [-0.2, -0.15) is 0 Å². The van der Waals surface area contributed by atoms with E-state index in [0.29, 0.717) is 19.8 Å². The van der Waals surface area contributed by atoms with Gasteiger partial charge in [0.2, 0.25) is 7.98 Å². The minimum atomic E-state index is 0.588. The van der Waals surface area contributed by atoms with Crippen LogP contribution in [0.15, 0.2) is 64.9 Å². The van der Waals surface area contributed by atoms with Crippen LogP contribution in [-0.2, 0) is 0 Å². The maximum absolute atomic E-state index is 5.89. The van der Waals surface area contributed by atoms with Crippen molar-refractivity contribution in [3.63, 3.8) is 0 Å². The van der Waals surface area contributed by atoms with Crippen molar-refractivity contribution >= 4 is 25.3 Å². The van der Waals surface area contributed by atoms with Crippen molar-refractivity contribution in [1.82, 2.24) is 4.48 Å². The standard InChI is InChI=1S/C24H30BN3O2/c1-4-29-22-11-9-18(16-23(22)30-5-2)8-10-19-15-17(3)24(27-19)20(12-13-26)21-7-6-14-28(21)25/h6-11,14-16H,4-5,12-13,25-26H2,1-3H3/b10-8+,24-20-. The molecule has 5 nitrogen and oxygen atoms in total. The van der Waals surface area contributed by atoms with E-state index < -0.39 is 0 Å². The first kappa shape index (κ1) is 21.7. The van der Waals surface area contributed by atoms with Gasteiger partial charge in [-0.1, -0.05) is 12.1 Å². The fraction of sp³-hybridized carbons (Fsp3) is 0.292. The molecule has 0 fully saturated rings. The highest BCUT2D eigenvalue weighted by atomic mass is 16.5. The Morgan fingerprint density at radius 1 is 1.13 bits per heavy atom. The molecule has 0 unspecified atom stereocenters. The lowest BCUT2D eigenvalue weighted by atomic mass is 10.0. The second-order valence-corrected chi connectivity index (χ2v) is 7.14. The summed E-state index contributed by atoms with van der Waals surface area (Å²) in [5, 5.41) is 0. The Hall–Kier alpha value is -2.99. The van der Waals surface area contributed by atoms with Crippen LogP contribution in [0.4, 0.5) is 0 Å². The van der Waals surface area contributed by atoms with Crippen LogP contribution in [-0.4, -0.2) is 37.9 Å². The average Bonchev–Trinajstić information content (AvgIpc) is 3.32. The molecule has 0 spiro atoms. The van der Waals surface area contributed by atoms with E-state index >= 15 is 0 Å². The number of nitrogens with zero attached hydrogens (tertiary/aromatic N) is 2. The summed E-state index contributed by atoms with van der Waals surface area (Å²) in [4.78, 5) is 4.90. The Labute approximate surface area is 180 Å². The highest BCUT2D eigenvalue weighted by Gasteiger charge is 2.17. The Morgan fingerprint density at radius 3 is 2.57 bits per heavy atom. The number of allylic oxidation sites excluding steroid dienone is 3. The molecule has 0 aliphatic carbocycles. The Bertz CT molecular complexity index is 1020. The van der Waals surface area contributed by atoms with E-state index in [9.17, 15) is 0 Å². The van der Waals surface area contributed by atoms with E-state index in [2.05, 4.69) is 29.6 Å². The van der Waals surface area contributed by atoms with Gasteiger partial charge in [-0.25, -0.2) is 4.99 Å². The first-order valence-corrected chi connectivity index (χ1v) is 10.5. The van der Waals surface area contributed by atoms with Gasteiger partial charge in [0.1, 0.15) is 0 Å². The summed E-state index contributed by atoms with van der Waals surface area (Å²) >= 11 is 0. The van der Waals surface area contributed by atoms with Gasteiger partial charge in [0, 0.05) is 11.3 Å². The minimum Gasteiger partial charge on any atom is -0.490 e. The number of aliphatic imine (C=N–C) groups is 1. The smallest absolute Gasteiger partial charge is 0.223 e. The van der Waals surface area contributed by atoms with Crippen molar-refractivity contribution in [3.8, 4) is 11.5 Å². The topological polar surface area (TPSA) is 61.8 Å². The molecule has 0 radical (unpaired) electrons. The molecule has 1 aliphatic rings. The molecule has 0 bridgehead atoms. The quantitative estimate of drug-likeness (QED) is 0.647. The van der Waals surface area contributed by atoms with Crippen LogP contribution in [0.3, 0.4) is 0 Å². The molecule has 0 atom stereocenters. The van der Waals surface area contributed by atoms with Crippen molar-refractivity contribution < 1.29 is 9.47 Å². The predicted molar refractivity (Wildman–Crippen MR) is 128 cm³/mol. The van der Waals surface area contributed by atoms with Crippen molar-refractivity contribution in [2.24, 2.45) is 10.7 Å². The Kier molecular flexibility index (Phi) is 7.36. The summed E-state index contributed by atoms with van der Waals surface area (Å²) in [5.74, 6) is 1.53. The lowest BCUT2D eigenvalue weighted by Gasteiger charge is -2.12. The lowest BCUT2D eigenvalue weighted by Crippen LogP contribution is -2.05. The van der Waals surface area contributed by atoms with Gasteiger partial charge in [0.25, 0.3) is 0 Å². The summed E-state index contributed by atoms with van der Waals surface area (Å²) in [6.07, 6.45) is 9.04. The van der Waals surface area contributed by atoms with Crippen LogP contribution in [0.5, 0.6) is 11.5 Å². The highest BCUT2D eigenvalue weighted by Crippen LogP contribution is 2.32. The molecule has 6 heteroatoms. The molecule has 1 aromatic heterocycles. The van der Waals surface area contributed by atoms with E-state index in [4.69, 9.17) is 20.2 Å². The molecule has 1 aromatic carbocycles. The minimum absolute atomic E-state index is 0.588. The zero-order valence-corrected chi connectivity index (χ0v) is 18.3. The highest BCUT2D eigenvalue weighted by molar-refractivity contribution is 6.11. The monoisotopic (exact) mass is 403 g/mol. The largest absolute Gasteiger partial charge is 0.490 e. The predicted octanol–water partition coefficient (Wildman–Crippen LogP) is 3.86. The van der Waals surface area contributed by atoms with Gasteiger partial charge in [0.15, 0.2) is 11.5 Å². The van der Waals surface area contributed by atoms with Gasteiger partial charge in [-0.05, 0) is 87.5 Å². The van der Waals surface area contributed by atoms with E-state index in [1.165, 1.54) is 5.57 Å². The third-order valence-electron chi connectivity index (χ3n) is 4.93. The van der Waals surface area contributed by atoms with Crippen molar-refractivity contribution in [1.29, 1.82) is 0 Å². The summed E-state index contributed by atoms with van der Waals surface area (Å²) < 4.78 is 13.5. The second-order valence-electron chi connectivity index (χ2n) is 7.14. The molecular formula is C24H30BN3O2. The third-order valence-corrected chi connectivity index (χ3v) is 4.93. The molecule has 1 aliphatic heterocycles. The summed E-state index contributed by atoms with van der Waals surface area (Å²) in [6, 6.07) is 10.1. The summed E-state index contributed by atoms with van der Waals surface area (Å²) in [7, 11) is 2.05. The van der Waals surface area contributed by atoms with Crippen molar-refractivity contribution in [2.45, 2.75) is 27.2 Å². The lowest BCUT2D eigenvalue weighted by molar-refractivity contribution is 0.287. The molecule has 0 saturated carbocycles. The molecule has 0 saturated heterocycles. The van der Waals surface area contributed by atoms with Crippen LogP contribution in [0.2, 0.25) is 0 Å². The second kappa shape index (κ2) is 10.2. The number of hydrogen-bond acceptors (Lipinski definition) is 4. The molecule has 0 amide bonds. The number of ether oxygens (including phenoxy) is 2. The van der Waals surface area contributed by atoms with Gasteiger partial charge in [-0.15, -0.1) is 0 Å². The number of rotatable bonds is 9. The number of nitrogens with two attached hydrogens (primary N) is 1. The van der Waals surface area contributed by atoms with E-state index in [1.54, 1.807) is 0 Å². The first-order valence-electron chi connectivity index (χ1n) is 10.5. The number of aromatic nitrogens is 1. The van der Waals surface area contributed by atoms with Crippen LogP contribution >= 0.6 is 0 Å². The molecule has 2 N–H and O–H groups in total. The maximum atomic E-state index is 5.89. The maximum Gasteiger partial charge on any atom is 0.223 e. The molecule has 30 heavy (non-hydrogen) atoms. The van der Waals surface area contributed by atoms with Crippen LogP contribution in [0, 0.1) is 0 Å². The normalized spacial score (nSPS) is 15.3. The van der Waals surface area contributed by atoms with Gasteiger partial charge < -0.3 is 19.7 Å². The van der Waals surface area contributed by atoms with Crippen LogP contribution in [0.1, 0.15) is 38.4 Å². The zero-order valence-electron chi connectivity index (χ0n) is 18.3. The van der Waals surface area contributed by atoms with Gasteiger partial charge in [0.05, 0.1) is 24.6 Å². The van der Waals surface area contributed by atoms with Crippen LogP contribution < -0.4 is 15.2 Å². The average molecular weight is 403 g/mol. The SMILES string of the molecule is Bn1cccc1/C(CCN)=C1N=C(/C=C/c2ccc(OCC)c(OCC)c2)C=C\1C. The van der Waals surface area contributed by atoms with Crippen LogP contribution in [0.25, 0.3) is 11.6 Å². The Balaban J connectivity index is 1.89. The Morgan fingerprint density at radius 2 is 1.90 bits per heavy atom. The third kappa shape index (κ3) is 4.94. The number of benzene rings is 1. The number of hydrogen-bond donors (Lipinski definition) is 1. The van der Waals surface area contributed by atoms with Gasteiger partial charge >= 0.3 is 0 Å². The molecule has 2 heterocycles. The van der Waals surface area contributed by atoms with Gasteiger partial charge in [-0.3, -0.25) is 0 Å². The first-order chi connectivity index (χ1) is 14.6.